The number of nitrogens with one attached hydrogen (secondary N) is 1. The van der Waals surface area contributed by atoms with Crippen molar-refractivity contribution < 1.29 is 27.1 Å². The maximum atomic E-state index is 13.7. The summed E-state index contributed by atoms with van der Waals surface area (Å²) in [5.74, 6) is -1.09. The van der Waals surface area contributed by atoms with Crippen molar-refractivity contribution >= 4 is 35.2 Å². The van der Waals surface area contributed by atoms with E-state index in [1.54, 1.807) is 24.4 Å². The molecule has 0 saturated carbocycles. The molecule has 0 unspecified atom stereocenters. The zero-order chi connectivity index (χ0) is 27.4. The first kappa shape index (κ1) is 27.9. The highest BCUT2D eigenvalue weighted by Crippen LogP contribution is 2.37. The van der Waals surface area contributed by atoms with E-state index in [4.69, 9.17) is 16.3 Å². The van der Waals surface area contributed by atoms with Gasteiger partial charge in [-0.15, -0.1) is 0 Å². The van der Waals surface area contributed by atoms with Crippen LogP contribution in [-0.4, -0.2) is 61.0 Å². The number of carbonyl (C=O) groups excluding carboxylic acids is 1. The molecule has 1 N–H and O–H groups in total. The third-order valence-corrected chi connectivity index (χ3v) is 7.15. The van der Waals surface area contributed by atoms with Gasteiger partial charge < -0.3 is 19.9 Å². The van der Waals surface area contributed by atoms with Gasteiger partial charge in [0.1, 0.15) is 12.4 Å². The maximum Gasteiger partial charge on any atom is 0.419 e. The van der Waals surface area contributed by atoms with Crippen LogP contribution < -0.4 is 15.0 Å². The molecule has 0 radical (unpaired) electrons. The van der Waals surface area contributed by atoms with E-state index in [0.29, 0.717) is 34.4 Å². The Balaban J connectivity index is 1.62. The summed E-state index contributed by atoms with van der Waals surface area (Å²) in [5, 5.41) is 2.77. The van der Waals surface area contributed by atoms with E-state index >= 15 is 0 Å². The van der Waals surface area contributed by atoms with E-state index in [-0.39, 0.29) is 29.0 Å². The lowest BCUT2D eigenvalue weighted by molar-refractivity contribution is -0.140. The van der Waals surface area contributed by atoms with Gasteiger partial charge in [0.05, 0.1) is 27.2 Å². The number of nitrogens with zero attached hydrogens (tertiary/aromatic N) is 4. The quantitative estimate of drug-likeness (QED) is 0.396. The first-order valence-corrected chi connectivity index (χ1v) is 12.7. The van der Waals surface area contributed by atoms with Crippen molar-refractivity contribution in [1.82, 2.24) is 20.2 Å². The monoisotopic (exact) mass is 569 g/mol. The molecule has 1 saturated heterocycles. The second-order valence-corrected chi connectivity index (χ2v) is 10.1. The molecule has 0 bridgehead atoms. The summed E-state index contributed by atoms with van der Waals surface area (Å²) in [6, 6.07) is 7.63. The minimum absolute atomic E-state index is 0.132. The van der Waals surface area contributed by atoms with Crippen molar-refractivity contribution in [1.29, 1.82) is 0 Å². The van der Waals surface area contributed by atoms with E-state index in [9.17, 15) is 22.4 Å². The Morgan fingerprint density at radius 2 is 1.89 bits per heavy atom. The first-order chi connectivity index (χ1) is 18.0. The van der Waals surface area contributed by atoms with E-state index in [2.05, 4.69) is 20.2 Å². The molecule has 0 aliphatic carbocycles. The largest absolute Gasteiger partial charge is 0.472 e. The summed E-state index contributed by atoms with van der Waals surface area (Å²) < 4.78 is 59.1. The zero-order valence-corrected chi connectivity index (χ0v) is 22.1. The van der Waals surface area contributed by atoms with Gasteiger partial charge in [0.15, 0.2) is 0 Å². The van der Waals surface area contributed by atoms with Gasteiger partial charge in [-0.3, -0.25) is 4.79 Å². The molecule has 2 heterocycles. The molecule has 4 rings (SSSR count). The number of halogens is 5. The lowest BCUT2D eigenvalue weighted by Crippen LogP contribution is -2.45. The summed E-state index contributed by atoms with van der Waals surface area (Å²) in [5.41, 5.74) is -0.916. The second kappa shape index (κ2) is 11.7. The Morgan fingerprint density at radius 1 is 1.16 bits per heavy atom. The van der Waals surface area contributed by atoms with Crippen molar-refractivity contribution in [2.45, 2.75) is 22.6 Å². The number of piperazine rings is 1. The van der Waals surface area contributed by atoms with Crippen LogP contribution in [-0.2, 0) is 12.8 Å². The number of ether oxygens (including phenoxy) is 1. The highest BCUT2D eigenvalue weighted by Gasteiger charge is 2.34. The first-order valence-electron chi connectivity index (χ1n) is 11.5. The van der Waals surface area contributed by atoms with Crippen molar-refractivity contribution in [2.75, 3.05) is 45.2 Å². The fraction of sp³-hybridized carbons (Fsp3) is 0.320. The Kier molecular flexibility index (Phi) is 8.64. The lowest BCUT2D eigenvalue weighted by Gasteiger charge is -2.32. The third-order valence-electron chi connectivity index (χ3n) is 5.85. The van der Waals surface area contributed by atoms with Gasteiger partial charge in [-0.1, -0.05) is 29.4 Å². The average molecular weight is 570 g/mol. The van der Waals surface area contributed by atoms with Gasteiger partial charge in [0.2, 0.25) is 11.8 Å². The smallest absolute Gasteiger partial charge is 0.419 e. The molecule has 0 atom stereocenters. The molecule has 2 aromatic carbocycles. The van der Waals surface area contributed by atoms with Crippen molar-refractivity contribution in [3.8, 4) is 5.88 Å². The Hall–Kier alpha value is -3.09. The van der Waals surface area contributed by atoms with Crippen molar-refractivity contribution in [3.63, 3.8) is 0 Å². The number of hydrogen-bond donors (Lipinski definition) is 1. The highest BCUT2D eigenvalue weighted by molar-refractivity contribution is 7.99. The molecular weight excluding hydrogens is 546 g/mol. The Bertz CT molecular complexity index is 1320. The zero-order valence-electron chi connectivity index (χ0n) is 20.5. The minimum Gasteiger partial charge on any atom is -0.472 e. The summed E-state index contributed by atoms with van der Waals surface area (Å²) in [6.45, 7) is 2.77. The molecule has 13 heteroatoms. The second-order valence-electron chi connectivity index (χ2n) is 8.55. The molecule has 0 spiro atoms. The number of carbonyl (C=O) groups is 1. The Morgan fingerprint density at radius 3 is 2.55 bits per heavy atom. The van der Waals surface area contributed by atoms with Gasteiger partial charge in [-0.2, -0.15) is 18.2 Å². The normalized spacial score (nSPS) is 14.4. The fourth-order valence-corrected chi connectivity index (χ4v) is 4.91. The van der Waals surface area contributed by atoms with E-state index < -0.39 is 17.6 Å². The molecule has 1 amide bonds. The molecule has 1 aliphatic heterocycles. The molecule has 3 aromatic rings. The molecular formula is C25H24ClF4N5O2S. The van der Waals surface area contributed by atoms with E-state index in [0.717, 1.165) is 25.2 Å². The lowest BCUT2D eigenvalue weighted by atomic mass is 10.1. The van der Waals surface area contributed by atoms with E-state index in [1.165, 1.54) is 24.9 Å². The number of benzene rings is 2. The van der Waals surface area contributed by atoms with Crippen LogP contribution in [0.1, 0.15) is 21.5 Å². The number of alkyl halides is 3. The predicted octanol–water partition coefficient (Wildman–Crippen LogP) is 5.13. The van der Waals surface area contributed by atoms with Crippen LogP contribution in [0, 0.1) is 5.82 Å². The summed E-state index contributed by atoms with van der Waals surface area (Å²) >= 11 is 7.51. The molecule has 38 heavy (non-hydrogen) atoms. The van der Waals surface area contributed by atoms with Crippen LogP contribution >= 0.6 is 23.4 Å². The van der Waals surface area contributed by atoms with Gasteiger partial charge >= 0.3 is 6.18 Å². The third kappa shape index (κ3) is 6.66. The fourth-order valence-electron chi connectivity index (χ4n) is 3.71. The molecule has 7 nitrogen and oxygen atoms in total. The van der Waals surface area contributed by atoms with E-state index in [1.807, 2.05) is 11.9 Å². The highest BCUT2D eigenvalue weighted by atomic mass is 35.5. The number of anilines is 1. The number of rotatable bonds is 7. The topological polar surface area (TPSA) is 70.6 Å². The Labute approximate surface area is 226 Å². The minimum atomic E-state index is -4.83. The van der Waals surface area contributed by atoms with Gasteiger partial charge in [-0.25, -0.2) is 9.37 Å². The van der Waals surface area contributed by atoms with Gasteiger partial charge in [-0.05, 0) is 42.9 Å². The van der Waals surface area contributed by atoms with Crippen molar-refractivity contribution in [2.24, 2.45) is 0 Å². The predicted molar refractivity (Wildman–Crippen MR) is 136 cm³/mol. The number of hydrogen-bond acceptors (Lipinski definition) is 7. The average Bonchev–Trinajstić information content (AvgIpc) is 2.88. The number of likely N-dealkylation sites (N-methyl/N-ethyl adjacent to an activating group) is 1. The standard InChI is InChI=1S/C25H24ClF4N5O2S/c1-31-22(36)17-5-4-16(12-19(17)26)38-21-13-32-24(35-9-7-34(2)8-10-35)33-23(21)37-14-15-3-6-20(27)18(11-15)25(28,29)30/h3-6,11-13H,7-10,14H2,1-2H3,(H,31,36). The number of amides is 1. The van der Waals surface area contributed by atoms with Gasteiger partial charge in [0.25, 0.3) is 5.91 Å². The van der Waals surface area contributed by atoms with Gasteiger partial charge in [0, 0.05) is 38.1 Å². The summed E-state index contributed by atoms with van der Waals surface area (Å²) in [4.78, 5) is 26.3. The van der Waals surface area contributed by atoms with Crippen LogP contribution in [0.2, 0.25) is 5.02 Å². The SMILES string of the molecule is CNC(=O)c1ccc(Sc2cnc(N3CCN(C)CC3)nc2OCc2ccc(F)c(C(F)(F)F)c2)cc1Cl. The maximum absolute atomic E-state index is 13.7. The molecule has 202 valence electrons. The van der Waals surface area contributed by atoms with Crippen LogP contribution in [0.15, 0.2) is 52.4 Å². The van der Waals surface area contributed by atoms with Crippen LogP contribution in [0.3, 0.4) is 0 Å². The number of aromatic nitrogens is 2. The molecule has 1 aromatic heterocycles. The molecule has 1 fully saturated rings. The van der Waals surface area contributed by atoms with Crippen LogP contribution in [0.5, 0.6) is 5.88 Å². The molecule has 1 aliphatic rings. The van der Waals surface area contributed by atoms with Crippen LogP contribution in [0.4, 0.5) is 23.5 Å². The van der Waals surface area contributed by atoms with Crippen LogP contribution in [0.25, 0.3) is 0 Å². The summed E-state index contributed by atoms with van der Waals surface area (Å²) in [6.07, 6.45) is -3.25. The van der Waals surface area contributed by atoms with Crippen molar-refractivity contribution in [3.05, 3.63) is 70.1 Å². The summed E-state index contributed by atoms with van der Waals surface area (Å²) in [7, 11) is 3.52.